The fourth-order valence-electron chi connectivity index (χ4n) is 1.63. The molecule has 0 amide bonds. The Morgan fingerprint density at radius 2 is 1.95 bits per heavy atom. The van der Waals surface area contributed by atoms with Crippen LogP contribution in [0.1, 0.15) is 23.0 Å². The predicted molar refractivity (Wildman–Crippen MR) is 62.2 cm³/mol. The van der Waals surface area contributed by atoms with Gasteiger partial charge in [0.1, 0.15) is 5.58 Å². The Morgan fingerprint density at radius 3 is 2.55 bits per heavy atom. The van der Waals surface area contributed by atoms with E-state index in [1.807, 2.05) is 0 Å². The molecule has 0 fully saturated rings. The van der Waals surface area contributed by atoms with E-state index in [4.69, 9.17) is 4.42 Å². The summed E-state index contributed by atoms with van der Waals surface area (Å²) in [6, 6.07) is 3.87. The molecule has 0 aliphatic carbocycles. The van der Waals surface area contributed by atoms with E-state index in [1.165, 1.54) is 6.92 Å². The van der Waals surface area contributed by atoms with Crippen LogP contribution in [-0.2, 0) is 15.7 Å². The first-order valence-corrected chi connectivity index (χ1v) is 5.65. The fraction of sp³-hybridized carbons (Fsp3) is 0.231. The quantitative estimate of drug-likeness (QED) is 0.494. The number of benzene rings is 1. The van der Waals surface area contributed by atoms with Crippen LogP contribution in [0.5, 0.6) is 0 Å². The minimum absolute atomic E-state index is 0.0169. The molecule has 2 aromatic rings. The first kappa shape index (κ1) is 14.1. The van der Waals surface area contributed by atoms with Gasteiger partial charge in [0.2, 0.25) is 0 Å². The molecule has 0 saturated carbocycles. The van der Waals surface area contributed by atoms with Crippen molar-refractivity contribution in [2.24, 2.45) is 0 Å². The lowest BCUT2D eigenvalue weighted by Gasteiger charge is -2.04. The summed E-state index contributed by atoms with van der Waals surface area (Å²) in [5.74, 6) is -2.49. The molecule has 0 atom stereocenters. The van der Waals surface area contributed by atoms with E-state index in [1.54, 1.807) is 0 Å². The molecule has 0 saturated heterocycles. The largest absolute Gasteiger partial charge is 0.460 e. The maximum absolute atomic E-state index is 12.5. The van der Waals surface area contributed by atoms with E-state index in [-0.39, 0.29) is 23.3 Å². The molecular formula is C13H9F3O4. The Hall–Kier alpha value is -2.31. The van der Waals surface area contributed by atoms with E-state index in [0.717, 1.165) is 24.3 Å². The highest BCUT2D eigenvalue weighted by Crippen LogP contribution is 2.32. The summed E-state index contributed by atoms with van der Waals surface area (Å²) in [4.78, 5) is 22.8. The molecule has 1 heterocycles. The maximum Gasteiger partial charge on any atom is 0.416 e. The van der Waals surface area contributed by atoms with Crippen molar-refractivity contribution in [1.82, 2.24) is 0 Å². The average Bonchev–Trinajstić information content (AvgIpc) is 2.79. The molecule has 106 valence electrons. The lowest BCUT2D eigenvalue weighted by Crippen LogP contribution is -2.16. The zero-order chi connectivity index (χ0) is 14.9. The number of halogens is 3. The zero-order valence-corrected chi connectivity index (χ0v) is 10.3. The summed E-state index contributed by atoms with van der Waals surface area (Å²) >= 11 is 0. The minimum Gasteiger partial charge on any atom is -0.460 e. The van der Waals surface area contributed by atoms with Crippen molar-refractivity contribution in [2.75, 3.05) is 6.61 Å². The molecule has 4 nitrogen and oxygen atoms in total. The highest BCUT2D eigenvalue weighted by Gasteiger charge is 2.31. The Labute approximate surface area is 111 Å². The van der Waals surface area contributed by atoms with Crippen molar-refractivity contribution in [3.63, 3.8) is 0 Å². The van der Waals surface area contributed by atoms with Crippen LogP contribution in [-0.4, -0.2) is 18.4 Å². The van der Waals surface area contributed by atoms with Crippen LogP contribution in [0.3, 0.4) is 0 Å². The van der Waals surface area contributed by atoms with Gasteiger partial charge < -0.3 is 9.15 Å². The van der Waals surface area contributed by atoms with E-state index >= 15 is 0 Å². The number of rotatable bonds is 3. The topological polar surface area (TPSA) is 56.5 Å². The number of Topliss-reactive ketones (excluding diaryl/α,β-unsaturated/α-hetero) is 1. The third-order valence-electron chi connectivity index (χ3n) is 2.53. The van der Waals surface area contributed by atoms with Crippen LogP contribution in [0.25, 0.3) is 11.0 Å². The molecule has 1 aromatic heterocycles. The van der Waals surface area contributed by atoms with Crippen molar-refractivity contribution < 1.29 is 31.9 Å². The molecule has 0 radical (unpaired) electrons. The molecule has 0 aliphatic rings. The van der Waals surface area contributed by atoms with E-state index in [2.05, 4.69) is 4.74 Å². The van der Waals surface area contributed by atoms with Crippen LogP contribution in [0, 0.1) is 0 Å². The van der Waals surface area contributed by atoms with Crippen molar-refractivity contribution in [2.45, 2.75) is 13.1 Å². The van der Waals surface area contributed by atoms with Crippen molar-refractivity contribution in [1.29, 1.82) is 0 Å². The van der Waals surface area contributed by atoms with Crippen molar-refractivity contribution in [3.8, 4) is 0 Å². The Balaban J connectivity index is 2.39. The van der Waals surface area contributed by atoms with Gasteiger partial charge in [-0.25, -0.2) is 4.79 Å². The Bertz CT molecular complexity index is 670. The minimum atomic E-state index is -4.49. The summed E-state index contributed by atoms with van der Waals surface area (Å²) < 4.78 is 47.2. The summed E-state index contributed by atoms with van der Waals surface area (Å²) in [6.07, 6.45) is -4.49. The summed E-state index contributed by atoms with van der Waals surface area (Å²) in [6.45, 7) is 1.54. The van der Waals surface area contributed by atoms with Gasteiger partial charge in [0.05, 0.1) is 12.2 Å². The highest BCUT2D eigenvalue weighted by molar-refractivity contribution is 6.40. The number of alkyl halides is 3. The summed E-state index contributed by atoms with van der Waals surface area (Å²) in [5, 5.41) is 0.0903. The standard InChI is InChI=1S/C13H9F3O4/c1-2-19-12(18)11(17)10-6-7-5-8(13(14,15)16)3-4-9(7)20-10/h3-6H,2H2,1H3. The molecule has 0 unspecified atom stereocenters. The van der Waals surface area contributed by atoms with Gasteiger partial charge in [-0.1, -0.05) is 0 Å². The maximum atomic E-state index is 12.5. The molecule has 20 heavy (non-hydrogen) atoms. The highest BCUT2D eigenvalue weighted by atomic mass is 19.4. The normalized spacial score (nSPS) is 11.6. The number of ketones is 1. The number of carbonyl (C=O) groups excluding carboxylic acids is 2. The molecule has 1 aromatic carbocycles. The Morgan fingerprint density at radius 1 is 1.25 bits per heavy atom. The zero-order valence-electron chi connectivity index (χ0n) is 10.3. The van der Waals surface area contributed by atoms with Crippen LogP contribution in [0.2, 0.25) is 0 Å². The first-order valence-electron chi connectivity index (χ1n) is 5.65. The second kappa shape index (κ2) is 4.99. The molecule has 0 aliphatic heterocycles. The SMILES string of the molecule is CCOC(=O)C(=O)c1cc2cc(C(F)(F)F)ccc2o1. The number of furan rings is 1. The van der Waals surface area contributed by atoms with Crippen molar-refractivity contribution >= 4 is 22.7 Å². The van der Waals surface area contributed by atoms with Gasteiger partial charge in [0, 0.05) is 5.39 Å². The predicted octanol–water partition coefficient (Wildman–Crippen LogP) is 3.20. The smallest absolute Gasteiger partial charge is 0.416 e. The van der Waals surface area contributed by atoms with Crippen molar-refractivity contribution in [3.05, 3.63) is 35.6 Å². The van der Waals surface area contributed by atoms with Crippen LogP contribution in [0.15, 0.2) is 28.7 Å². The number of fused-ring (bicyclic) bond motifs is 1. The molecule has 0 N–H and O–H groups in total. The van der Waals surface area contributed by atoms with Gasteiger partial charge in [-0.15, -0.1) is 0 Å². The second-order valence-electron chi connectivity index (χ2n) is 3.91. The molecule has 0 bridgehead atoms. The molecule has 2 rings (SSSR count). The number of hydrogen-bond donors (Lipinski definition) is 0. The fourth-order valence-corrected chi connectivity index (χ4v) is 1.63. The van der Waals surface area contributed by atoms with Gasteiger partial charge in [0.15, 0.2) is 5.76 Å². The summed E-state index contributed by atoms with van der Waals surface area (Å²) in [7, 11) is 0. The van der Waals surface area contributed by atoms with Gasteiger partial charge >= 0.3 is 17.9 Å². The monoisotopic (exact) mass is 286 g/mol. The van der Waals surface area contributed by atoms with Crippen LogP contribution in [0.4, 0.5) is 13.2 Å². The third kappa shape index (κ3) is 2.66. The Kier molecular flexibility index (Phi) is 3.52. The molecule has 7 heteroatoms. The number of esters is 1. The second-order valence-corrected chi connectivity index (χ2v) is 3.91. The lowest BCUT2D eigenvalue weighted by molar-refractivity contribution is -0.138. The lowest BCUT2D eigenvalue weighted by atomic mass is 10.1. The van der Waals surface area contributed by atoms with E-state index < -0.39 is 23.5 Å². The van der Waals surface area contributed by atoms with Gasteiger partial charge in [-0.05, 0) is 31.2 Å². The summed E-state index contributed by atoms with van der Waals surface area (Å²) in [5.41, 5.74) is -0.772. The number of hydrogen-bond acceptors (Lipinski definition) is 4. The van der Waals surface area contributed by atoms with Gasteiger partial charge in [-0.2, -0.15) is 13.2 Å². The van der Waals surface area contributed by atoms with Gasteiger partial charge in [-0.3, -0.25) is 4.79 Å². The van der Waals surface area contributed by atoms with Crippen LogP contribution < -0.4 is 0 Å². The number of carbonyl (C=O) groups is 2. The van der Waals surface area contributed by atoms with E-state index in [9.17, 15) is 22.8 Å². The van der Waals surface area contributed by atoms with E-state index in [0.29, 0.717) is 0 Å². The first-order chi connectivity index (χ1) is 9.32. The molecule has 0 spiro atoms. The van der Waals surface area contributed by atoms with Crippen LogP contribution >= 0.6 is 0 Å². The number of ether oxygens (including phenoxy) is 1. The van der Waals surface area contributed by atoms with Gasteiger partial charge in [0.25, 0.3) is 0 Å². The third-order valence-corrected chi connectivity index (χ3v) is 2.53. The average molecular weight is 286 g/mol. The molecular weight excluding hydrogens is 277 g/mol.